The van der Waals surface area contributed by atoms with E-state index in [1.807, 2.05) is 19.2 Å². The number of aromatic nitrogens is 1. The lowest BCUT2D eigenvalue weighted by Crippen LogP contribution is -1.86. The monoisotopic (exact) mass is 254 g/mol. The van der Waals surface area contributed by atoms with E-state index in [1.165, 1.54) is 0 Å². The van der Waals surface area contributed by atoms with E-state index < -0.39 is 16.5 Å². The van der Waals surface area contributed by atoms with E-state index in [0.717, 1.165) is 5.69 Å². The van der Waals surface area contributed by atoms with Crippen molar-refractivity contribution < 1.29 is 23.2 Å². The van der Waals surface area contributed by atoms with Gasteiger partial charge in [0.15, 0.2) is 0 Å². The van der Waals surface area contributed by atoms with Crippen LogP contribution in [0.3, 0.4) is 0 Å². The molecule has 1 heterocycles. The Bertz CT molecular complexity index is 309. The van der Waals surface area contributed by atoms with Gasteiger partial charge >= 0.3 is 16.5 Å². The van der Waals surface area contributed by atoms with E-state index in [9.17, 15) is 9.13 Å². The molecule has 7 nitrogen and oxygen atoms in total. The van der Waals surface area contributed by atoms with Gasteiger partial charge in [0.05, 0.1) is 5.69 Å². The Kier molecular flexibility index (Phi) is 8.18. The summed E-state index contributed by atoms with van der Waals surface area (Å²) in [4.78, 5) is 19.3. The zero-order valence-electron chi connectivity index (χ0n) is 7.88. The molecule has 0 aliphatic carbocycles. The van der Waals surface area contributed by atoms with Crippen molar-refractivity contribution in [2.45, 2.75) is 0 Å². The third kappa shape index (κ3) is 9.59. The molecule has 0 spiro atoms. The minimum Gasteiger partial charge on any atom is -0.387 e. The highest BCUT2D eigenvalue weighted by Crippen LogP contribution is 2.30. The zero-order chi connectivity index (χ0) is 11.7. The molecule has 0 saturated heterocycles. The van der Waals surface area contributed by atoms with Crippen molar-refractivity contribution in [3.8, 4) is 0 Å². The lowest BCUT2D eigenvalue weighted by molar-refractivity contribution is 0.371. The van der Waals surface area contributed by atoms with Gasteiger partial charge in [-0.15, -0.1) is 0 Å². The first kappa shape index (κ1) is 14.3. The minimum atomic E-state index is -3.20. The topological polar surface area (TPSA) is 109 Å². The van der Waals surface area contributed by atoms with Gasteiger partial charge in [-0.25, -0.2) is 4.31 Å². The molecule has 2 unspecified atom stereocenters. The van der Waals surface area contributed by atoms with E-state index in [1.54, 1.807) is 12.4 Å². The van der Waals surface area contributed by atoms with Crippen LogP contribution in [0.2, 0.25) is 0 Å². The smallest absolute Gasteiger partial charge is 0.323 e. The van der Waals surface area contributed by atoms with Gasteiger partial charge in [-0.3, -0.25) is 14.1 Å². The van der Waals surface area contributed by atoms with Gasteiger partial charge in [-0.05, 0) is 12.1 Å². The number of hydrogen-bond acceptors (Lipinski definition) is 5. The van der Waals surface area contributed by atoms with Crippen molar-refractivity contribution in [3.05, 3.63) is 24.5 Å². The first-order valence-electron chi connectivity index (χ1n) is 3.77. The van der Waals surface area contributed by atoms with Crippen LogP contribution in [0.4, 0.5) is 5.69 Å². The molecule has 0 aromatic carbocycles. The minimum absolute atomic E-state index is 1.05. The number of anilines is 1. The molecular weight excluding hydrogens is 242 g/mol. The molecule has 0 amide bonds. The van der Waals surface area contributed by atoms with Gasteiger partial charge in [0.25, 0.3) is 0 Å². The van der Waals surface area contributed by atoms with Gasteiger partial charge in [-0.1, -0.05) is 0 Å². The Balaban J connectivity index is 0.000000265. The molecule has 0 aliphatic rings. The Morgan fingerprint density at radius 2 is 2.00 bits per heavy atom. The standard InChI is InChI=1S/C6H8N2.H4O5P2/c1-7-6-3-2-4-8-5-6;1-6(2)5-7(3)4/h2-5,7H,1H3;6-7H,(H,1,2)(H,3,4). The average Bonchev–Trinajstić information content (AvgIpc) is 2.18. The molecule has 1 rings (SSSR count). The summed E-state index contributed by atoms with van der Waals surface area (Å²) < 4.78 is 22.3. The van der Waals surface area contributed by atoms with Crippen LogP contribution in [0.15, 0.2) is 24.5 Å². The summed E-state index contributed by atoms with van der Waals surface area (Å²) >= 11 is 0. The van der Waals surface area contributed by atoms with Gasteiger partial charge in [0.2, 0.25) is 0 Å². The summed E-state index contributed by atoms with van der Waals surface area (Å²) in [5.41, 5.74) is 1.05. The quantitative estimate of drug-likeness (QED) is 0.687. The largest absolute Gasteiger partial charge is 0.387 e. The van der Waals surface area contributed by atoms with Crippen molar-refractivity contribution in [2.75, 3.05) is 12.4 Å². The molecule has 9 heteroatoms. The maximum Gasteiger partial charge on any atom is 0.323 e. The van der Waals surface area contributed by atoms with E-state index in [4.69, 9.17) is 9.79 Å². The van der Waals surface area contributed by atoms with Crippen LogP contribution in [-0.4, -0.2) is 21.8 Å². The maximum absolute atomic E-state index is 9.44. The van der Waals surface area contributed by atoms with E-state index >= 15 is 0 Å². The molecule has 0 fully saturated rings. The van der Waals surface area contributed by atoms with Crippen LogP contribution in [0.1, 0.15) is 0 Å². The van der Waals surface area contributed by atoms with E-state index in [2.05, 4.69) is 14.6 Å². The van der Waals surface area contributed by atoms with Crippen LogP contribution in [-0.2, 0) is 13.4 Å². The molecule has 1 aromatic rings. The first-order valence-corrected chi connectivity index (χ1v) is 6.30. The van der Waals surface area contributed by atoms with Gasteiger partial charge < -0.3 is 15.1 Å². The second-order valence-corrected chi connectivity index (χ2v) is 4.01. The molecule has 2 atom stereocenters. The van der Waals surface area contributed by atoms with Crippen molar-refractivity contribution in [1.29, 1.82) is 0 Å². The van der Waals surface area contributed by atoms with Crippen molar-refractivity contribution in [1.82, 2.24) is 4.98 Å². The fourth-order valence-corrected chi connectivity index (χ4v) is 1.18. The number of rotatable bonds is 3. The van der Waals surface area contributed by atoms with Crippen LogP contribution in [0.5, 0.6) is 0 Å². The van der Waals surface area contributed by atoms with Crippen LogP contribution in [0, 0.1) is 0 Å². The van der Waals surface area contributed by atoms with Gasteiger partial charge in [0, 0.05) is 19.4 Å². The lowest BCUT2D eigenvalue weighted by Gasteiger charge is -1.93. The summed E-state index contributed by atoms with van der Waals surface area (Å²) in [6, 6.07) is 3.86. The van der Waals surface area contributed by atoms with E-state index in [-0.39, 0.29) is 0 Å². The molecule has 0 bridgehead atoms. The number of hydrogen-bond donors (Lipinski definition) is 3. The van der Waals surface area contributed by atoms with Crippen LogP contribution >= 0.6 is 16.5 Å². The molecule has 86 valence electrons. The molecule has 0 aliphatic heterocycles. The van der Waals surface area contributed by atoms with Gasteiger partial charge in [-0.2, -0.15) is 0 Å². The predicted octanol–water partition coefficient (Wildman–Crippen LogP) is 0.890. The summed E-state index contributed by atoms with van der Waals surface area (Å²) in [6.45, 7) is 0. The Labute approximate surface area is 88.0 Å². The predicted molar refractivity (Wildman–Crippen MR) is 57.3 cm³/mol. The molecule has 1 aromatic heterocycles. The molecule has 0 radical (unpaired) electrons. The van der Waals surface area contributed by atoms with Crippen molar-refractivity contribution in [2.24, 2.45) is 0 Å². The molecule has 0 saturated carbocycles. The highest BCUT2D eigenvalue weighted by Gasteiger charge is 1.93. The van der Waals surface area contributed by atoms with Crippen LogP contribution < -0.4 is 5.32 Å². The summed E-state index contributed by atoms with van der Waals surface area (Å²) in [6.07, 6.45) is 3.53. The maximum atomic E-state index is 9.44. The summed E-state index contributed by atoms with van der Waals surface area (Å²) in [5, 5.41) is 2.96. The average molecular weight is 254 g/mol. The first-order chi connectivity index (χ1) is 7.06. The molecule has 3 N–H and O–H groups in total. The lowest BCUT2D eigenvalue weighted by atomic mass is 10.4. The highest BCUT2D eigenvalue weighted by molar-refractivity contribution is 7.46. The van der Waals surface area contributed by atoms with E-state index in [0.29, 0.717) is 0 Å². The van der Waals surface area contributed by atoms with Crippen molar-refractivity contribution >= 4 is 22.2 Å². The second kappa shape index (κ2) is 8.59. The molecule has 15 heavy (non-hydrogen) atoms. The Morgan fingerprint density at radius 1 is 1.40 bits per heavy atom. The third-order valence-corrected chi connectivity index (χ3v) is 2.52. The Morgan fingerprint density at radius 3 is 2.20 bits per heavy atom. The Hall–Kier alpha value is -0.710. The fourth-order valence-electron chi connectivity index (χ4n) is 0.585. The third-order valence-electron chi connectivity index (χ3n) is 1.12. The normalized spacial score (nSPS) is 13.3. The second-order valence-electron chi connectivity index (χ2n) is 2.13. The number of nitrogens with zero attached hydrogens (tertiary/aromatic N) is 1. The van der Waals surface area contributed by atoms with Crippen LogP contribution in [0.25, 0.3) is 0 Å². The highest BCUT2D eigenvalue weighted by atomic mass is 31.2. The van der Waals surface area contributed by atoms with Crippen molar-refractivity contribution in [3.63, 3.8) is 0 Å². The zero-order valence-corrected chi connectivity index (χ0v) is 9.88. The summed E-state index contributed by atoms with van der Waals surface area (Å²) in [7, 11) is -4.53. The summed E-state index contributed by atoms with van der Waals surface area (Å²) in [5.74, 6) is 0. The number of pyridine rings is 1. The fraction of sp³-hybridized carbons (Fsp3) is 0.167. The molecular formula is C6H12N2O5P2. The van der Waals surface area contributed by atoms with Gasteiger partial charge in [0.1, 0.15) is 0 Å². The SMILES string of the molecule is CNc1cccnc1.O=[PH](O)O[PH](=O)O. The number of nitrogens with one attached hydrogen (secondary N) is 1.